The number of hydrogen-bond acceptors (Lipinski definition) is 0. The van der Waals surface area contributed by atoms with Crippen molar-refractivity contribution in [3.8, 4) is 0 Å². The Morgan fingerprint density at radius 3 is 1.75 bits per heavy atom. The minimum atomic E-state index is -3.48. The molecule has 0 bridgehead atoms. The zero-order valence-corrected chi connectivity index (χ0v) is 4.00. The van der Waals surface area contributed by atoms with Crippen molar-refractivity contribution in [3.05, 3.63) is 6.92 Å². The summed E-state index contributed by atoms with van der Waals surface area (Å²) in [5.74, 6) is -3.48. The van der Waals surface area contributed by atoms with Gasteiger partial charge in [0.15, 0.2) is 0 Å². The van der Waals surface area contributed by atoms with E-state index in [0.29, 0.717) is 0 Å². The highest BCUT2D eigenvalue weighted by Crippen LogP contribution is 2.20. The molecule has 0 fully saturated rings. The second-order valence-electron chi connectivity index (χ2n) is 1.45. The molecular weight excluding hydrogens is 124 g/mol. The molecule has 0 saturated carbocycles. The summed E-state index contributed by atoms with van der Waals surface area (Å²) in [6, 6.07) is 0. The molecule has 49 valence electrons. The van der Waals surface area contributed by atoms with Gasteiger partial charge in [0.05, 0.1) is 6.42 Å². The molecule has 0 aromatic heterocycles. The van der Waals surface area contributed by atoms with E-state index in [4.69, 9.17) is 0 Å². The lowest BCUT2D eigenvalue weighted by molar-refractivity contribution is -0.0168. The molecule has 0 N–H and O–H groups in total. The summed E-state index contributed by atoms with van der Waals surface area (Å²) in [5, 5.41) is 0. The molecule has 0 saturated heterocycles. The lowest BCUT2D eigenvalue weighted by Crippen LogP contribution is -2.14. The Morgan fingerprint density at radius 1 is 1.38 bits per heavy atom. The van der Waals surface area contributed by atoms with Gasteiger partial charge in [0.1, 0.15) is 0 Å². The van der Waals surface area contributed by atoms with E-state index in [9.17, 15) is 17.6 Å². The Morgan fingerprint density at radius 2 is 1.75 bits per heavy atom. The zero-order chi connectivity index (χ0) is 6.78. The van der Waals surface area contributed by atoms with Gasteiger partial charge in [0, 0.05) is 6.92 Å². The molecule has 0 rings (SSSR count). The van der Waals surface area contributed by atoms with Crippen LogP contribution in [0.1, 0.15) is 6.42 Å². The summed E-state index contributed by atoms with van der Waals surface area (Å²) in [7, 11) is 0. The largest absolute Gasteiger partial charge is 0.253 e. The maximum atomic E-state index is 11.4. The van der Waals surface area contributed by atoms with Gasteiger partial charge in [0.2, 0.25) is 6.43 Å². The summed E-state index contributed by atoms with van der Waals surface area (Å²) in [6.07, 6.45) is -4.42. The van der Waals surface area contributed by atoms with Gasteiger partial charge in [-0.25, -0.2) is 17.6 Å². The van der Waals surface area contributed by atoms with Gasteiger partial charge in [-0.1, -0.05) is 0 Å². The maximum absolute atomic E-state index is 11.4. The third-order valence-corrected chi connectivity index (χ3v) is 0.453. The van der Waals surface area contributed by atoms with Crippen LogP contribution in [0.5, 0.6) is 0 Å². The van der Waals surface area contributed by atoms with E-state index in [-0.39, 0.29) is 0 Å². The second kappa shape index (κ2) is 2.33. The first-order chi connectivity index (χ1) is 3.42. The minimum absolute atomic E-state index is 1.45. The smallest absolute Gasteiger partial charge is 0.210 e. The summed E-state index contributed by atoms with van der Waals surface area (Å²) in [4.78, 5) is 0. The van der Waals surface area contributed by atoms with Gasteiger partial charge in [0.25, 0.3) is 5.92 Å². The SMILES string of the molecule is [CH2]C(F)(F)CC(F)F. The zero-order valence-electron chi connectivity index (χ0n) is 4.00. The summed E-state index contributed by atoms with van der Waals surface area (Å²) >= 11 is 0. The highest BCUT2D eigenvalue weighted by atomic mass is 19.3. The van der Waals surface area contributed by atoms with Crippen LogP contribution in [0.4, 0.5) is 17.6 Å². The van der Waals surface area contributed by atoms with Gasteiger partial charge >= 0.3 is 0 Å². The fourth-order valence-electron chi connectivity index (χ4n) is 0.226. The highest BCUT2D eigenvalue weighted by molar-refractivity contribution is 4.68. The monoisotopic (exact) mass is 129 g/mol. The van der Waals surface area contributed by atoms with Crippen LogP contribution in [0.3, 0.4) is 0 Å². The van der Waals surface area contributed by atoms with Crippen LogP contribution in [0.25, 0.3) is 0 Å². The van der Waals surface area contributed by atoms with Crippen molar-refractivity contribution < 1.29 is 17.6 Å². The quantitative estimate of drug-likeness (QED) is 0.501. The third kappa shape index (κ3) is 5.72. The van der Waals surface area contributed by atoms with E-state index in [1.807, 2.05) is 0 Å². The van der Waals surface area contributed by atoms with Crippen LogP contribution >= 0.6 is 0 Å². The van der Waals surface area contributed by atoms with Crippen molar-refractivity contribution in [2.75, 3.05) is 0 Å². The van der Waals surface area contributed by atoms with Crippen LogP contribution in [0.2, 0.25) is 0 Å². The molecule has 0 aliphatic rings. The Labute approximate surface area is 44.5 Å². The van der Waals surface area contributed by atoms with Crippen molar-refractivity contribution in [3.63, 3.8) is 0 Å². The molecule has 0 aromatic carbocycles. The van der Waals surface area contributed by atoms with E-state index in [2.05, 4.69) is 6.92 Å². The van der Waals surface area contributed by atoms with Crippen molar-refractivity contribution in [1.29, 1.82) is 0 Å². The molecule has 0 unspecified atom stereocenters. The van der Waals surface area contributed by atoms with E-state index in [1.54, 1.807) is 0 Å². The molecule has 0 nitrogen and oxygen atoms in total. The Balaban J connectivity index is 3.39. The third-order valence-electron chi connectivity index (χ3n) is 0.453. The summed E-state index contributed by atoms with van der Waals surface area (Å²) in [6.45, 7) is 2.20. The van der Waals surface area contributed by atoms with Gasteiger partial charge in [-0.3, -0.25) is 0 Å². The number of halogens is 4. The molecule has 0 aromatic rings. The minimum Gasteiger partial charge on any atom is -0.210 e. The molecule has 0 heterocycles. The van der Waals surface area contributed by atoms with Gasteiger partial charge in [-0.15, -0.1) is 0 Å². The van der Waals surface area contributed by atoms with Crippen molar-refractivity contribution in [2.45, 2.75) is 18.8 Å². The molecule has 0 atom stereocenters. The van der Waals surface area contributed by atoms with Crippen molar-refractivity contribution in [2.24, 2.45) is 0 Å². The first-order valence-corrected chi connectivity index (χ1v) is 1.93. The Kier molecular flexibility index (Phi) is 2.25. The second-order valence-corrected chi connectivity index (χ2v) is 1.45. The van der Waals surface area contributed by atoms with Crippen LogP contribution in [0, 0.1) is 6.92 Å². The molecule has 1 radical (unpaired) electrons. The molecule has 0 aliphatic carbocycles. The van der Waals surface area contributed by atoms with E-state index in [1.165, 1.54) is 0 Å². The lowest BCUT2D eigenvalue weighted by atomic mass is 10.3. The Hall–Kier alpha value is -0.280. The van der Waals surface area contributed by atoms with E-state index < -0.39 is 18.8 Å². The number of alkyl halides is 4. The summed E-state index contributed by atoms with van der Waals surface area (Å²) < 4.78 is 44.8. The fourth-order valence-corrected chi connectivity index (χ4v) is 0.226. The number of rotatable bonds is 2. The molecular formula is C4H5F4. The van der Waals surface area contributed by atoms with Gasteiger partial charge in [-0.05, 0) is 0 Å². The highest BCUT2D eigenvalue weighted by Gasteiger charge is 2.26. The van der Waals surface area contributed by atoms with Crippen molar-refractivity contribution >= 4 is 0 Å². The summed E-state index contributed by atoms with van der Waals surface area (Å²) in [5.41, 5.74) is 0. The van der Waals surface area contributed by atoms with Crippen LogP contribution in [-0.4, -0.2) is 12.3 Å². The molecule has 4 heteroatoms. The van der Waals surface area contributed by atoms with E-state index >= 15 is 0 Å². The lowest BCUT2D eigenvalue weighted by Gasteiger charge is -2.06. The topological polar surface area (TPSA) is 0 Å². The fraction of sp³-hybridized carbons (Fsp3) is 0.750. The molecule has 0 aliphatic heterocycles. The van der Waals surface area contributed by atoms with E-state index in [0.717, 1.165) is 0 Å². The average Bonchev–Trinajstić information content (AvgIpc) is 1.21. The predicted octanol–water partition coefficient (Wildman–Crippen LogP) is 2.11. The average molecular weight is 129 g/mol. The standard InChI is InChI=1S/C4H5F4/c1-4(7,8)2-3(5)6/h3H,1-2H2. The van der Waals surface area contributed by atoms with Gasteiger partial charge in [-0.2, -0.15) is 0 Å². The van der Waals surface area contributed by atoms with Gasteiger partial charge < -0.3 is 0 Å². The van der Waals surface area contributed by atoms with Crippen molar-refractivity contribution in [1.82, 2.24) is 0 Å². The maximum Gasteiger partial charge on any atom is 0.253 e. The van der Waals surface area contributed by atoms with Crippen LogP contribution < -0.4 is 0 Å². The first-order valence-electron chi connectivity index (χ1n) is 1.93. The normalized spacial score (nSPS) is 12.8. The predicted molar refractivity (Wildman–Crippen MR) is 20.9 cm³/mol. The molecule has 0 amide bonds. The number of hydrogen-bond donors (Lipinski definition) is 0. The molecule has 0 spiro atoms. The van der Waals surface area contributed by atoms with Crippen LogP contribution in [0.15, 0.2) is 0 Å². The molecule has 8 heavy (non-hydrogen) atoms. The van der Waals surface area contributed by atoms with Crippen LogP contribution in [-0.2, 0) is 0 Å². The Bertz CT molecular complexity index is 62.9. The first kappa shape index (κ1) is 7.72.